The molecular formula is C11H9Cl2N3O. The summed E-state index contributed by atoms with van der Waals surface area (Å²) in [5.74, 6) is 1.46. The number of aryl methyl sites for hydroxylation is 1. The van der Waals surface area contributed by atoms with Gasteiger partial charge in [-0.3, -0.25) is 4.98 Å². The summed E-state index contributed by atoms with van der Waals surface area (Å²) in [7, 11) is 0. The summed E-state index contributed by atoms with van der Waals surface area (Å²) in [6.07, 6.45) is 3.08. The lowest BCUT2D eigenvalue weighted by atomic mass is 10.3. The van der Waals surface area contributed by atoms with E-state index >= 15 is 0 Å². The van der Waals surface area contributed by atoms with Crippen LogP contribution in [0.25, 0.3) is 0 Å². The Labute approximate surface area is 109 Å². The van der Waals surface area contributed by atoms with Gasteiger partial charge >= 0.3 is 0 Å². The van der Waals surface area contributed by atoms with E-state index in [1.54, 1.807) is 26.1 Å². The Kier molecular flexibility index (Phi) is 3.45. The van der Waals surface area contributed by atoms with Crippen LogP contribution in [0, 0.1) is 13.8 Å². The predicted molar refractivity (Wildman–Crippen MR) is 65.8 cm³/mol. The van der Waals surface area contributed by atoms with Gasteiger partial charge in [0.1, 0.15) is 16.7 Å². The first-order chi connectivity index (χ1) is 8.06. The Balaban J connectivity index is 2.36. The van der Waals surface area contributed by atoms with E-state index in [0.717, 1.165) is 0 Å². The highest BCUT2D eigenvalue weighted by atomic mass is 35.5. The molecule has 0 aliphatic rings. The van der Waals surface area contributed by atoms with Crippen molar-refractivity contribution < 1.29 is 4.74 Å². The van der Waals surface area contributed by atoms with Gasteiger partial charge in [0, 0.05) is 17.8 Å². The van der Waals surface area contributed by atoms with Crippen LogP contribution in [0.5, 0.6) is 11.6 Å². The average Bonchev–Trinajstić information content (AvgIpc) is 2.25. The van der Waals surface area contributed by atoms with Crippen molar-refractivity contribution in [3.63, 3.8) is 0 Å². The number of aromatic nitrogens is 3. The van der Waals surface area contributed by atoms with Crippen LogP contribution in [-0.2, 0) is 0 Å². The molecule has 17 heavy (non-hydrogen) atoms. The van der Waals surface area contributed by atoms with E-state index in [0.29, 0.717) is 33.2 Å². The highest BCUT2D eigenvalue weighted by molar-refractivity contribution is 6.30. The van der Waals surface area contributed by atoms with E-state index in [9.17, 15) is 0 Å². The van der Waals surface area contributed by atoms with Gasteiger partial charge in [-0.25, -0.2) is 4.98 Å². The first-order valence-electron chi connectivity index (χ1n) is 4.85. The van der Waals surface area contributed by atoms with E-state index in [4.69, 9.17) is 27.9 Å². The Bertz CT molecular complexity index is 560. The summed E-state index contributed by atoms with van der Waals surface area (Å²) < 4.78 is 5.57. The highest BCUT2D eigenvalue weighted by Crippen LogP contribution is 2.27. The normalized spacial score (nSPS) is 10.4. The average molecular weight is 270 g/mol. The van der Waals surface area contributed by atoms with Crippen molar-refractivity contribution in [1.82, 2.24) is 15.0 Å². The fourth-order valence-electron chi connectivity index (χ4n) is 1.23. The van der Waals surface area contributed by atoms with E-state index in [2.05, 4.69) is 15.0 Å². The van der Waals surface area contributed by atoms with Crippen LogP contribution in [0.3, 0.4) is 0 Å². The second-order valence-electron chi connectivity index (χ2n) is 3.43. The van der Waals surface area contributed by atoms with E-state index in [-0.39, 0.29) is 0 Å². The standard InChI is InChI=1S/C11H9Cl2N3O/c1-6-10(13)15-7(2)16-11(6)17-9-3-8(12)4-14-5-9/h3-5H,1-2H3. The summed E-state index contributed by atoms with van der Waals surface area (Å²) in [6, 6.07) is 1.65. The molecule has 2 rings (SSSR count). The quantitative estimate of drug-likeness (QED) is 0.782. The lowest BCUT2D eigenvalue weighted by Crippen LogP contribution is -1.97. The summed E-state index contributed by atoms with van der Waals surface area (Å²) in [6.45, 7) is 3.53. The van der Waals surface area contributed by atoms with Crippen molar-refractivity contribution in [2.45, 2.75) is 13.8 Å². The Hall–Kier alpha value is -1.39. The molecule has 0 atom stereocenters. The number of rotatable bonds is 2. The second kappa shape index (κ2) is 4.85. The maximum Gasteiger partial charge on any atom is 0.227 e. The summed E-state index contributed by atoms with van der Waals surface area (Å²) in [4.78, 5) is 12.1. The molecule has 0 radical (unpaired) electrons. The minimum absolute atomic E-state index is 0.377. The lowest BCUT2D eigenvalue weighted by molar-refractivity contribution is 0.453. The van der Waals surface area contributed by atoms with E-state index in [1.165, 1.54) is 6.20 Å². The molecule has 88 valence electrons. The zero-order valence-corrected chi connectivity index (χ0v) is 10.7. The van der Waals surface area contributed by atoms with Crippen LogP contribution in [0.4, 0.5) is 0 Å². The molecule has 0 aliphatic carbocycles. The van der Waals surface area contributed by atoms with Gasteiger partial charge in [-0.05, 0) is 13.8 Å². The molecule has 2 heterocycles. The van der Waals surface area contributed by atoms with Gasteiger partial charge in [-0.15, -0.1) is 0 Å². The molecule has 2 aromatic heterocycles. The Morgan fingerprint density at radius 1 is 1.12 bits per heavy atom. The molecule has 4 nitrogen and oxygen atoms in total. The summed E-state index contributed by atoms with van der Waals surface area (Å²) in [5.41, 5.74) is 0.678. The summed E-state index contributed by atoms with van der Waals surface area (Å²) in [5, 5.41) is 0.875. The SMILES string of the molecule is Cc1nc(Cl)c(C)c(Oc2cncc(Cl)c2)n1. The maximum absolute atomic E-state index is 5.94. The minimum atomic E-state index is 0.377. The zero-order valence-electron chi connectivity index (χ0n) is 9.24. The molecule has 0 unspecified atom stereocenters. The van der Waals surface area contributed by atoms with Crippen molar-refractivity contribution >= 4 is 23.2 Å². The van der Waals surface area contributed by atoms with E-state index in [1.807, 2.05) is 0 Å². The van der Waals surface area contributed by atoms with Gasteiger partial charge < -0.3 is 4.74 Å². The van der Waals surface area contributed by atoms with Gasteiger partial charge in [0.25, 0.3) is 0 Å². The van der Waals surface area contributed by atoms with Gasteiger partial charge in [0.15, 0.2) is 0 Å². The number of halogens is 2. The van der Waals surface area contributed by atoms with Crippen LogP contribution < -0.4 is 4.74 Å². The number of ether oxygens (including phenoxy) is 1. The van der Waals surface area contributed by atoms with Crippen LogP contribution in [0.2, 0.25) is 10.2 Å². The number of pyridine rings is 1. The van der Waals surface area contributed by atoms with Crippen molar-refractivity contribution in [1.29, 1.82) is 0 Å². The molecule has 6 heteroatoms. The Morgan fingerprint density at radius 3 is 2.59 bits per heavy atom. The summed E-state index contributed by atoms with van der Waals surface area (Å²) >= 11 is 11.8. The Morgan fingerprint density at radius 2 is 1.88 bits per heavy atom. The first kappa shape index (κ1) is 12.1. The second-order valence-corrected chi connectivity index (χ2v) is 4.23. The van der Waals surface area contributed by atoms with Gasteiger partial charge in [-0.2, -0.15) is 4.98 Å². The first-order valence-corrected chi connectivity index (χ1v) is 5.61. The fourth-order valence-corrected chi connectivity index (χ4v) is 1.60. The molecule has 2 aromatic rings. The van der Waals surface area contributed by atoms with Crippen LogP contribution in [-0.4, -0.2) is 15.0 Å². The minimum Gasteiger partial charge on any atom is -0.437 e. The molecular weight excluding hydrogens is 261 g/mol. The maximum atomic E-state index is 5.94. The molecule has 0 saturated heterocycles. The number of nitrogens with zero attached hydrogens (tertiary/aromatic N) is 3. The van der Waals surface area contributed by atoms with Crippen LogP contribution in [0.15, 0.2) is 18.5 Å². The fraction of sp³-hybridized carbons (Fsp3) is 0.182. The zero-order chi connectivity index (χ0) is 12.4. The van der Waals surface area contributed by atoms with Crippen molar-refractivity contribution in [3.8, 4) is 11.6 Å². The molecule has 0 aromatic carbocycles. The smallest absolute Gasteiger partial charge is 0.227 e. The third-order valence-corrected chi connectivity index (χ3v) is 2.62. The third-order valence-electron chi connectivity index (χ3n) is 2.05. The monoisotopic (exact) mass is 269 g/mol. The third kappa shape index (κ3) is 2.84. The number of hydrogen-bond acceptors (Lipinski definition) is 4. The molecule has 0 spiro atoms. The topological polar surface area (TPSA) is 47.9 Å². The lowest BCUT2D eigenvalue weighted by Gasteiger charge is -2.08. The van der Waals surface area contributed by atoms with Gasteiger partial charge in [0.2, 0.25) is 5.88 Å². The molecule has 0 aliphatic heterocycles. The molecule has 0 amide bonds. The van der Waals surface area contributed by atoms with Gasteiger partial charge in [0.05, 0.1) is 11.2 Å². The molecule has 0 bridgehead atoms. The van der Waals surface area contributed by atoms with Crippen LogP contribution >= 0.6 is 23.2 Å². The molecule has 0 fully saturated rings. The number of hydrogen-bond donors (Lipinski definition) is 0. The van der Waals surface area contributed by atoms with Crippen molar-refractivity contribution in [3.05, 3.63) is 40.0 Å². The predicted octanol–water partition coefficient (Wildman–Crippen LogP) is 3.59. The largest absolute Gasteiger partial charge is 0.437 e. The molecule has 0 N–H and O–H groups in total. The van der Waals surface area contributed by atoms with Crippen molar-refractivity contribution in [2.75, 3.05) is 0 Å². The van der Waals surface area contributed by atoms with Gasteiger partial charge in [-0.1, -0.05) is 23.2 Å². The van der Waals surface area contributed by atoms with Crippen LogP contribution in [0.1, 0.15) is 11.4 Å². The highest BCUT2D eigenvalue weighted by Gasteiger charge is 2.09. The molecule has 0 saturated carbocycles. The van der Waals surface area contributed by atoms with E-state index < -0.39 is 0 Å². The van der Waals surface area contributed by atoms with Crippen molar-refractivity contribution in [2.24, 2.45) is 0 Å².